The molecule has 0 bridgehead atoms. The number of ether oxygens (including phenoxy) is 1. The van der Waals surface area contributed by atoms with Gasteiger partial charge in [0.2, 0.25) is 10.0 Å². The van der Waals surface area contributed by atoms with Gasteiger partial charge in [-0.25, -0.2) is 8.42 Å². The van der Waals surface area contributed by atoms with Crippen LogP contribution in [0.3, 0.4) is 0 Å². The van der Waals surface area contributed by atoms with Crippen molar-refractivity contribution in [2.75, 3.05) is 27.3 Å². The molecule has 0 amide bonds. The van der Waals surface area contributed by atoms with E-state index >= 15 is 0 Å². The number of benzene rings is 1. The summed E-state index contributed by atoms with van der Waals surface area (Å²) in [4.78, 5) is 0.216. The number of hydrogen-bond acceptors (Lipinski definition) is 4. The van der Waals surface area contributed by atoms with Gasteiger partial charge in [0, 0.05) is 20.7 Å². The van der Waals surface area contributed by atoms with Crippen molar-refractivity contribution in [1.82, 2.24) is 4.31 Å². The number of likely N-dealkylation sites (N-methyl/N-ethyl adjacent to an activating group) is 1. The molecule has 0 aliphatic rings. The van der Waals surface area contributed by atoms with Crippen LogP contribution >= 0.6 is 0 Å². The molecule has 0 atom stereocenters. The first-order valence-electron chi connectivity index (χ1n) is 5.17. The Labute approximate surface area is 102 Å². The lowest BCUT2D eigenvalue weighted by molar-refractivity contribution is 0.185. The van der Waals surface area contributed by atoms with E-state index in [1.165, 1.54) is 30.6 Å². The number of aliphatic hydroxyl groups is 1. The minimum Gasteiger partial charge on any atom is -0.392 e. The third-order valence-corrected chi connectivity index (χ3v) is 4.30. The van der Waals surface area contributed by atoms with Gasteiger partial charge in [0.15, 0.2) is 0 Å². The van der Waals surface area contributed by atoms with E-state index in [0.717, 1.165) is 0 Å². The van der Waals surface area contributed by atoms with Gasteiger partial charge in [0.1, 0.15) is 0 Å². The van der Waals surface area contributed by atoms with Crippen molar-refractivity contribution in [3.8, 4) is 0 Å². The highest BCUT2D eigenvalue weighted by Gasteiger charge is 2.19. The van der Waals surface area contributed by atoms with Gasteiger partial charge in [-0.15, -0.1) is 0 Å². The molecule has 0 radical (unpaired) electrons. The third kappa shape index (κ3) is 3.50. The number of sulfonamides is 1. The minimum absolute atomic E-state index is 0.0974. The van der Waals surface area contributed by atoms with Crippen LogP contribution in [0.2, 0.25) is 0 Å². The number of aliphatic hydroxyl groups excluding tert-OH is 1. The highest BCUT2D eigenvalue weighted by molar-refractivity contribution is 7.89. The average Bonchev–Trinajstić information content (AvgIpc) is 2.35. The maximum atomic E-state index is 12.0. The third-order valence-electron chi connectivity index (χ3n) is 2.42. The first-order valence-corrected chi connectivity index (χ1v) is 6.61. The fourth-order valence-corrected chi connectivity index (χ4v) is 2.44. The molecule has 1 N–H and O–H groups in total. The predicted molar refractivity (Wildman–Crippen MR) is 64.1 cm³/mol. The molecule has 0 fully saturated rings. The van der Waals surface area contributed by atoms with E-state index in [9.17, 15) is 8.42 Å². The van der Waals surface area contributed by atoms with Crippen LogP contribution in [0.25, 0.3) is 0 Å². The van der Waals surface area contributed by atoms with Gasteiger partial charge in [-0.3, -0.25) is 0 Å². The van der Waals surface area contributed by atoms with Crippen molar-refractivity contribution in [2.24, 2.45) is 0 Å². The van der Waals surface area contributed by atoms with E-state index in [1.807, 2.05) is 0 Å². The molecule has 0 saturated heterocycles. The predicted octanol–water partition coefficient (Wildman–Crippen LogP) is 0.446. The Morgan fingerprint density at radius 2 is 1.88 bits per heavy atom. The molecule has 0 unspecified atom stereocenters. The van der Waals surface area contributed by atoms with Crippen molar-refractivity contribution in [3.05, 3.63) is 29.8 Å². The summed E-state index contributed by atoms with van der Waals surface area (Å²) in [5.41, 5.74) is 0.684. The van der Waals surface area contributed by atoms with Gasteiger partial charge in [-0.1, -0.05) is 12.1 Å². The van der Waals surface area contributed by atoms with Gasteiger partial charge >= 0.3 is 0 Å². The molecule has 96 valence electrons. The SMILES string of the molecule is COCCN(C)S(=O)(=O)c1ccc(CO)cc1. The Kier molecular flexibility index (Phi) is 5.07. The summed E-state index contributed by atoms with van der Waals surface area (Å²) in [5.74, 6) is 0. The zero-order valence-corrected chi connectivity index (χ0v) is 10.8. The molecule has 0 aliphatic heterocycles. The van der Waals surface area contributed by atoms with Gasteiger partial charge in [-0.2, -0.15) is 4.31 Å². The number of hydrogen-bond donors (Lipinski definition) is 1. The lowest BCUT2D eigenvalue weighted by Crippen LogP contribution is -2.30. The van der Waals surface area contributed by atoms with Gasteiger partial charge in [0.25, 0.3) is 0 Å². The molecule has 5 nitrogen and oxygen atoms in total. The first kappa shape index (κ1) is 14.1. The lowest BCUT2D eigenvalue weighted by Gasteiger charge is -2.16. The summed E-state index contributed by atoms with van der Waals surface area (Å²) < 4.78 is 30.2. The summed E-state index contributed by atoms with van der Waals surface area (Å²) >= 11 is 0. The zero-order chi connectivity index (χ0) is 12.9. The molecule has 0 saturated carbocycles. The largest absolute Gasteiger partial charge is 0.392 e. The second-order valence-electron chi connectivity index (χ2n) is 3.62. The number of methoxy groups -OCH3 is 1. The maximum absolute atomic E-state index is 12.0. The molecule has 0 aliphatic carbocycles. The highest BCUT2D eigenvalue weighted by atomic mass is 32.2. The molecule has 1 aromatic rings. The van der Waals surface area contributed by atoms with Crippen LogP contribution in [0.1, 0.15) is 5.56 Å². The van der Waals surface area contributed by atoms with E-state index in [1.54, 1.807) is 12.1 Å². The lowest BCUT2D eigenvalue weighted by atomic mass is 10.2. The molecular formula is C11H17NO4S. The molecule has 1 aromatic carbocycles. The van der Waals surface area contributed by atoms with Crippen LogP contribution < -0.4 is 0 Å². The van der Waals surface area contributed by atoms with E-state index in [-0.39, 0.29) is 11.5 Å². The quantitative estimate of drug-likeness (QED) is 0.805. The van der Waals surface area contributed by atoms with Gasteiger partial charge in [-0.05, 0) is 17.7 Å². The molecule has 1 rings (SSSR count). The van der Waals surface area contributed by atoms with Crippen LogP contribution in [0.5, 0.6) is 0 Å². The van der Waals surface area contributed by atoms with Crippen LogP contribution in [-0.2, 0) is 21.4 Å². The second kappa shape index (κ2) is 6.11. The molecule has 17 heavy (non-hydrogen) atoms. The van der Waals surface area contributed by atoms with Crippen LogP contribution in [-0.4, -0.2) is 45.1 Å². The smallest absolute Gasteiger partial charge is 0.242 e. The number of nitrogens with zero attached hydrogens (tertiary/aromatic N) is 1. The van der Waals surface area contributed by atoms with Gasteiger partial charge in [0.05, 0.1) is 18.1 Å². The Balaban J connectivity index is 2.88. The molecule has 0 aromatic heterocycles. The monoisotopic (exact) mass is 259 g/mol. The van der Waals surface area contributed by atoms with E-state index in [2.05, 4.69) is 0 Å². The fourth-order valence-electron chi connectivity index (χ4n) is 1.29. The summed E-state index contributed by atoms with van der Waals surface area (Å²) in [7, 11) is -0.432. The van der Waals surface area contributed by atoms with E-state index < -0.39 is 10.0 Å². The Morgan fingerprint density at radius 3 is 2.35 bits per heavy atom. The van der Waals surface area contributed by atoms with Crippen LogP contribution in [0, 0.1) is 0 Å². The van der Waals surface area contributed by atoms with Crippen LogP contribution in [0.15, 0.2) is 29.2 Å². The first-order chi connectivity index (χ1) is 8.02. The summed E-state index contributed by atoms with van der Waals surface area (Å²) in [6.07, 6.45) is 0. The van der Waals surface area contributed by atoms with Crippen LogP contribution in [0.4, 0.5) is 0 Å². The Bertz CT molecular complexity index is 441. The molecule has 6 heteroatoms. The highest BCUT2D eigenvalue weighted by Crippen LogP contribution is 2.14. The van der Waals surface area contributed by atoms with Crippen molar-refractivity contribution in [3.63, 3.8) is 0 Å². The Morgan fingerprint density at radius 1 is 1.29 bits per heavy atom. The summed E-state index contributed by atoms with van der Waals surface area (Å²) in [5, 5.41) is 8.88. The normalized spacial score (nSPS) is 12.0. The zero-order valence-electron chi connectivity index (χ0n) is 9.96. The fraction of sp³-hybridized carbons (Fsp3) is 0.455. The second-order valence-corrected chi connectivity index (χ2v) is 5.67. The molecule has 0 spiro atoms. The summed E-state index contributed by atoms with van der Waals surface area (Å²) in [6.45, 7) is 0.560. The minimum atomic E-state index is -3.46. The average molecular weight is 259 g/mol. The topological polar surface area (TPSA) is 66.8 Å². The standard InChI is InChI=1S/C11H17NO4S/c1-12(7-8-16-2)17(14,15)11-5-3-10(9-13)4-6-11/h3-6,13H,7-9H2,1-2H3. The summed E-state index contributed by atoms with van der Waals surface area (Å²) in [6, 6.07) is 6.17. The van der Waals surface area contributed by atoms with Crippen molar-refractivity contribution in [2.45, 2.75) is 11.5 Å². The number of rotatable bonds is 6. The van der Waals surface area contributed by atoms with E-state index in [4.69, 9.17) is 9.84 Å². The van der Waals surface area contributed by atoms with Gasteiger partial charge < -0.3 is 9.84 Å². The Hall–Kier alpha value is -0.950. The van der Waals surface area contributed by atoms with Crippen molar-refractivity contribution in [1.29, 1.82) is 0 Å². The molecular weight excluding hydrogens is 242 g/mol. The molecule has 0 heterocycles. The van der Waals surface area contributed by atoms with Crippen molar-refractivity contribution >= 4 is 10.0 Å². The van der Waals surface area contributed by atoms with Crippen molar-refractivity contribution < 1.29 is 18.3 Å². The van der Waals surface area contributed by atoms with E-state index in [0.29, 0.717) is 18.7 Å². The maximum Gasteiger partial charge on any atom is 0.242 e.